The van der Waals surface area contributed by atoms with Gasteiger partial charge in [-0.05, 0) is 43.9 Å². The summed E-state index contributed by atoms with van der Waals surface area (Å²) in [5, 5.41) is 12.4. The number of aryl methyl sites for hydroxylation is 1. The first-order chi connectivity index (χ1) is 8.16. The summed E-state index contributed by atoms with van der Waals surface area (Å²) in [5.74, 6) is 0.121. The highest BCUT2D eigenvalue weighted by molar-refractivity contribution is 5.91. The van der Waals surface area contributed by atoms with Crippen molar-refractivity contribution >= 4 is 11.7 Å². The van der Waals surface area contributed by atoms with Crippen LogP contribution in [0.5, 0.6) is 5.75 Å². The zero-order valence-electron chi connectivity index (χ0n) is 10.1. The fraction of sp³-hybridized carbons (Fsp3) is 0.462. The van der Waals surface area contributed by atoms with Gasteiger partial charge in [-0.2, -0.15) is 0 Å². The summed E-state index contributed by atoms with van der Waals surface area (Å²) in [4.78, 5) is 13.7. The number of nitrogens with one attached hydrogen (secondary N) is 1. The molecule has 1 fully saturated rings. The Hall–Kier alpha value is -1.71. The van der Waals surface area contributed by atoms with Gasteiger partial charge in [-0.3, -0.25) is 0 Å². The summed E-state index contributed by atoms with van der Waals surface area (Å²) in [5.41, 5.74) is 1.45. The first-order valence-electron chi connectivity index (χ1n) is 6.02. The smallest absolute Gasteiger partial charge is 0.321 e. The molecule has 0 saturated carbocycles. The number of carbonyl (C=O) groups is 1. The molecule has 2 amide bonds. The number of rotatable bonds is 1. The Morgan fingerprint density at radius 3 is 2.65 bits per heavy atom. The van der Waals surface area contributed by atoms with Crippen LogP contribution in [0.4, 0.5) is 10.5 Å². The predicted molar refractivity (Wildman–Crippen MR) is 67.3 cm³/mol. The van der Waals surface area contributed by atoms with Gasteiger partial charge in [0.05, 0.1) is 5.69 Å². The molecule has 17 heavy (non-hydrogen) atoms. The molecule has 1 aromatic carbocycles. The van der Waals surface area contributed by atoms with Crippen molar-refractivity contribution in [2.45, 2.75) is 26.2 Å². The number of urea groups is 1. The van der Waals surface area contributed by atoms with E-state index in [1.165, 1.54) is 6.42 Å². The Labute approximate surface area is 101 Å². The molecular formula is C13H18N2O2. The summed E-state index contributed by atoms with van der Waals surface area (Å²) in [6.07, 6.45) is 3.32. The van der Waals surface area contributed by atoms with Crippen LogP contribution in [-0.2, 0) is 0 Å². The first-order valence-corrected chi connectivity index (χ1v) is 6.02. The lowest BCUT2D eigenvalue weighted by Gasteiger charge is -2.26. The first kappa shape index (κ1) is 11.8. The van der Waals surface area contributed by atoms with Crippen LogP contribution in [0, 0.1) is 6.92 Å². The van der Waals surface area contributed by atoms with Crippen LogP contribution < -0.4 is 5.32 Å². The predicted octanol–water partition coefficient (Wildman–Crippen LogP) is 2.72. The minimum Gasteiger partial charge on any atom is -0.506 e. The van der Waals surface area contributed by atoms with E-state index < -0.39 is 0 Å². The minimum atomic E-state index is -0.121. The molecule has 1 aliphatic rings. The SMILES string of the molecule is Cc1ccc(NC(=O)N2CCCCC2)c(O)c1. The van der Waals surface area contributed by atoms with E-state index in [2.05, 4.69) is 5.32 Å². The number of phenols is 1. The van der Waals surface area contributed by atoms with E-state index in [-0.39, 0.29) is 11.8 Å². The van der Waals surface area contributed by atoms with Gasteiger partial charge < -0.3 is 15.3 Å². The zero-order valence-corrected chi connectivity index (χ0v) is 10.1. The van der Waals surface area contributed by atoms with Crippen molar-refractivity contribution in [1.82, 2.24) is 4.90 Å². The number of likely N-dealkylation sites (tertiary alicyclic amines) is 1. The number of anilines is 1. The van der Waals surface area contributed by atoms with E-state index in [0.717, 1.165) is 31.5 Å². The Kier molecular flexibility index (Phi) is 3.52. The number of amides is 2. The maximum atomic E-state index is 11.9. The third kappa shape index (κ3) is 2.90. The average Bonchev–Trinajstić information content (AvgIpc) is 2.34. The van der Waals surface area contributed by atoms with E-state index in [1.807, 2.05) is 13.0 Å². The molecule has 1 aliphatic heterocycles. The molecule has 2 N–H and O–H groups in total. The molecule has 0 aliphatic carbocycles. The second kappa shape index (κ2) is 5.08. The molecule has 92 valence electrons. The standard InChI is InChI=1S/C13H18N2O2/c1-10-5-6-11(12(16)9-10)14-13(17)15-7-3-2-4-8-15/h5-6,9,16H,2-4,7-8H2,1H3,(H,14,17). The summed E-state index contributed by atoms with van der Waals surface area (Å²) in [7, 11) is 0. The van der Waals surface area contributed by atoms with E-state index in [1.54, 1.807) is 17.0 Å². The van der Waals surface area contributed by atoms with Crippen molar-refractivity contribution < 1.29 is 9.90 Å². The molecule has 2 rings (SSSR count). The van der Waals surface area contributed by atoms with Gasteiger partial charge in [-0.25, -0.2) is 4.79 Å². The van der Waals surface area contributed by atoms with Crippen LogP contribution in [0.25, 0.3) is 0 Å². The number of phenolic OH excluding ortho intramolecular Hbond substituents is 1. The van der Waals surface area contributed by atoms with Crippen molar-refractivity contribution in [3.05, 3.63) is 23.8 Å². The maximum absolute atomic E-state index is 11.9. The lowest BCUT2D eigenvalue weighted by molar-refractivity contribution is 0.200. The lowest BCUT2D eigenvalue weighted by atomic mass is 10.1. The molecule has 0 atom stereocenters. The van der Waals surface area contributed by atoms with Gasteiger partial charge in [0.2, 0.25) is 0 Å². The van der Waals surface area contributed by atoms with Crippen LogP contribution in [0.1, 0.15) is 24.8 Å². The molecule has 4 nitrogen and oxygen atoms in total. The number of hydrogen-bond acceptors (Lipinski definition) is 2. The molecule has 4 heteroatoms. The van der Waals surface area contributed by atoms with Gasteiger partial charge in [0.25, 0.3) is 0 Å². The highest BCUT2D eigenvalue weighted by Gasteiger charge is 2.17. The molecule has 0 unspecified atom stereocenters. The third-order valence-corrected chi connectivity index (χ3v) is 3.04. The summed E-state index contributed by atoms with van der Waals surface area (Å²) >= 11 is 0. The number of hydrogen-bond donors (Lipinski definition) is 2. The van der Waals surface area contributed by atoms with Crippen molar-refractivity contribution in [2.24, 2.45) is 0 Å². The molecule has 1 aromatic rings. The van der Waals surface area contributed by atoms with Gasteiger partial charge in [-0.15, -0.1) is 0 Å². The molecule has 1 heterocycles. The number of benzene rings is 1. The highest BCUT2D eigenvalue weighted by Crippen LogP contribution is 2.24. The number of piperidine rings is 1. The van der Waals surface area contributed by atoms with Gasteiger partial charge in [0, 0.05) is 13.1 Å². The van der Waals surface area contributed by atoms with Crippen LogP contribution in [0.2, 0.25) is 0 Å². The van der Waals surface area contributed by atoms with Gasteiger partial charge in [-0.1, -0.05) is 6.07 Å². The van der Waals surface area contributed by atoms with Crippen molar-refractivity contribution in [3.8, 4) is 5.75 Å². The Morgan fingerprint density at radius 2 is 2.00 bits per heavy atom. The average molecular weight is 234 g/mol. The summed E-state index contributed by atoms with van der Waals surface area (Å²) < 4.78 is 0. The number of nitrogens with zero attached hydrogens (tertiary/aromatic N) is 1. The Morgan fingerprint density at radius 1 is 1.29 bits per heavy atom. The Bertz CT molecular complexity index is 412. The van der Waals surface area contributed by atoms with Gasteiger partial charge in [0.15, 0.2) is 0 Å². The Balaban J connectivity index is 2.02. The topological polar surface area (TPSA) is 52.6 Å². The quantitative estimate of drug-likeness (QED) is 0.734. The van der Waals surface area contributed by atoms with E-state index in [9.17, 15) is 9.90 Å². The van der Waals surface area contributed by atoms with Crippen LogP contribution >= 0.6 is 0 Å². The highest BCUT2D eigenvalue weighted by atomic mass is 16.3. The molecule has 0 spiro atoms. The van der Waals surface area contributed by atoms with Crippen LogP contribution in [-0.4, -0.2) is 29.1 Å². The zero-order chi connectivity index (χ0) is 12.3. The molecule has 0 radical (unpaired) electrons. The second-order valence-electron chi connectivity index (χ2n) is 4.50. The minimum absolute atomic E-state index is 0.121. The van der Waals surface area contributed by atoms with Crippen LogP contribution in [0.3, 0.4) is 0 Å². The lowest BCUT2D eigenvalue weighted by Crippen LogP contribution is -2.38. The fourth-order valence-electron chi connectivity index (χ4n) is 2.04. The fourth-order valence-corrected chi connectivity index (χ4v) is 2.04. The molecule has 1 saturated heterocycles. The van der Waals surface area contributed by atoms with E-state index in [4.69, 9.17) is 0 Å². The van der Waals surface area contributed by atoms with Crippen molar-refractivity contribution in [1.29, 1.82) is 0 Å². The van der Waals surface area contributed by atoms with E-state index >= 15 is 0 Å². The van der Waals surface area contributed by atoms with Crippen molar-refractivity contribution in [3.63, 3.8) is 0 Å². The number of aromatic hydroxyl groups is 1. The monoisotopic (exact) mass is 234 g/mol. The van der Waals surface area contributed by atoms with Crippen LogP contribution in [0.15, 0.2) is 18.2 Å². The third-order valence-electron chi connectivity index (χ3n) is 3.04. The normalized spacial score (nSPS) is 15.7. The van der Waals surface area contributed by atoms with E-state index in [0.29, 0.717) is 5.69 Å². The molecule has 0 bridgehead atoms. The van der Waals surface area contributed by atoms with Gasteiger partial charge in [0.1, 0.15) is 5.75 Å². The van der Waals surface area contributed by atoms with Crippen molar-refractivity contribution in [2.75, 3.05) is 18.4 Å². The largest absolute Gasteiger partial charge is 0.506 e. The van der Waals surface area contributed by atoms with Gasteiger partial charge >= 0.3 is 6.03 Å². The molecular weight excluding hydrogens is 216 g/mol. The number of carbonyl (C=O) groups excluding carboxylic acids is 1. The molecule has 0 aromatic heterocycles. The maximum Gasteiger partial charge on any atom is 0.321 e. The second-order valence-corrected chi connectivity index (χ2v) is 4.50. The summed E-state index contributed by atoms with van der Waals surface area (Å²) in [6, 6.07) is 5.12. The summed E-state index contributed by atoms with van der Waals surface area (Å²) in [6.45, 7) is 3.51.